The van der Waals surface area contributed by atoms with Crippen LogP contribution in [0.1, 0.15) is 36.6 Å². The largest absolute Gasteiger partial charge is 0.496 e. The van der Waals surface area contributed by atoms with Gasteiger partial charge < -0.3 is 10.1 Å². The van der Waals surface area contributed by atoms with Crippen molar-refractivity contribution in [3.05, 3.63) is 47.2 Å². The van der Waals surface area contributed by atoms with Crippen molar-refractivity contribution in [3.8, 4) is 16.6 Å². The molecule has 4 rings (SSSR count). The van der Waals surface area contributed by atoms with Crippen molar-refractivity contribution in [2.75, 3.05) is 26.7 Å². The predicted molar refractivity (Wildman–Crippen MR) is 115 cm³/mol. The first-order chi connectivity index (χ1) is 14.7. The Labute approximate surface area is 179 Å². The molecule has 1 atom stereocenters. The maximum atomic E-state index is 12.6. The minimum atomic E-state index is -0.0404. The van der Waals surface area contributed by atoms with E-state index in [1.54, 1.807) is 7.11 Å². The predicted octanol–water partition coefficient (Wildman–Crippen LogP) is 2.82. The maximum absolute atomic E-state index is 12.6. The average Bonchev–Trinajstić information content (AvgIpc) is 3.47. The second-order valence-corrected chi connectivity index (χ2v) is 8.17. The Hall–Kier alpha value is -2.78. The summed E-state index contributed by atoms with van der Waals surface area (Å²) >= 11 is 1.45. The van der Waals surface area contributed by atoms with E-state index in [-0.39, 0.29) is 18.4 Å². The molecule has 1 fully saturated rings. The van der Waals surface area contributed by atoms with Crippen molar-refractivity contribution in [1.82, 2.24) is 30.4 Å². The van der Waals surface area contributed by atoms with E-state index in [2.05, 4.69) is 36.4 Å². The van der Waals surface area contributed by atoms with E-state index in [0.29, 0.717) is 12.4 Å². The number of thiazole rings is 1. The highest BCUT2D eigenvalue weighted by Crippen LogP contribution is 2.31. The lowest BCUT2D eigenvalue weighted by Crippen LogP contribution is -2.41. The molecule has 1 aromatic carbocycles. The monoisotopic (exact) mass is 426 g/mol. The summed E-state index contributed by atoms with van der Waals surface area (Å²) in [6.07, 6.45) is 5.31. The van der Waals surface area contributed by atoms with Crippen molar-refractivity contribution in [2.24, 2.45) is 0 Å². The third-order valence-corrected chi connectivity index (χ3v) is 6.23. The summed E-state index contributed by atoms with van der Waals surface area (Å²) in [5, 5.41) is 12.4. The number of H-pyrrole nitrogens is 1. The van der Waals surface area contributed by atoms with Gasteiger partial charge in [0.2, 0.25) is 5.91 Å². The number of carbonyl (C=O) groups excluding carboxylic acids is 1. The highest BCUT2D eigenvalue weighted by Gasteiger charge is 2.25. The Morgan fingerprint density at radius 2 is 2.13 bits per heavy atom. The molecule has 3 aromatic rings. The van der Waals surface area contributed by atoms with Gasteiger partial charge in [0.25, 0.3) is 0 Å². The van der Waals surface area contributed by atoms with Crippen molar-refractivity contribution >= 4 is 17.2 Å². The molecule has 1 aliphatic heterocycles. The molecule has 2 aromatic heterocycles. The van der Waals surface area contributed by atoms with Crippen LogP contribution in [0.25, 0.3) is 10.8 Å². The second-order valence-electron chi connectivity index (χ2n) is 7.31. The molecule has 158 valence electrons. The van der Waals surface area contributed by atoms with E-state index in [1.165, 1.54) is 36.9 Å². The zero-order valence-corrected chi connectivity index (χ0v) is 17.8. The molecule has 1 saturated heterocycles. The quantitative estimate of drug-likeness (QED) is 0.575. The molecule has 2 N–H and O–H groups in total. The van der Waals surface area contributed by atoms with Gasteiger partial charge in [0.1, 0.15) is 12.1 Å². The summed E-state index contributed by atoms with van der Waals surface area (Å²) < 4.78 is 5.60. The summed E-state index contributed by atoms with van der Waals surface area (Å²) in [5.41, 5.74) is 1.85. The van der Waals surface area contributed by atoms with Crippen LogP contribution in [0.5, 0.6) is 5.75 Å². The summed E-state index contributed by atoms with van der Waals surface area (Å²) in [6, 6.07) is 8.16. The summed E-state index contributed by atoms with van der Waals surface area (Å²) in [5.74, 6) is 1.44. The first-order valence-electron chi connectivity index (χ1n) is 10.2. The lowest BCUT2D eigenvalue weighted by molar-refractivity contribution is -0.120. The third-order valence-electron chi connectivity index (χ3n) is 5.33. The van der Waals surface area contributed by atoms with E-state index < -0.39 is 0 Å². The molecule has 0 spiro atoms. The van der Waals surface area contributed by atoms with Crippen LogP contribution in [0, 0.1) is 0 Å². The minimum Gasteiger partial charge on any atom is -0.496 e. The Kier molecular flexibility index (Phi) is 6.70. The van der Waals surface area contributed by atoms with Gasteiger partial charge in [-0.15, -0.1) is 11.3 Å². The van der Waals surface area contributed by atoms with Crippen LogP contribution in [-0.2, 0) is 11.2 Å². The summed E-state index contributed by atoms with van der Waals surface area (Å²) in [6.45, 7) is 2.61. The van der Waals surface area contributed by atoms with Crippen LogP contribution >= 0.6 is 11.3 Å². The molecule has 0 aliphatic carbocycles. The SMILES string of the molecule is COc1ccccc1C(CNC(=O)Cc1csc(-c2ncn[nH]2)n1)N1CCCCC1. The molecule has 0 radical (unpaired) electrons. The van der Waals surface area contributed by atoms with E-state index in [4.69, 9.17) is 4.74 Å². The molecule has 0 saturated carbocycles. The fourth-order valence-electron chi connectivity index (χ4n) is 3.85. The van der Waals surface area contributed by atoms with Crippen molar-refractivity contribution in [3.63, 3.8) is 0 Å². The van der Waals surface area contributed by atoms with Crippen LogP contribution in [0.4, 0.5) is 0 Å². The van der Waals surface area contributed by atoms with Gasteiger partial charge in [-0.3, -0.25) is 14.8 Å². The fraction of sp³-hybridized carbons (Fsp3) is 0.429. The number of hydrogen-bond acceptors (Lipinski definition) is 7. The zero-order chi connectivity index (χ0) is 20.8. The van der Waals surface area contributed by atoms with Crippen LogP contribution in [0.15, 0.2) is 36.0 Å². The number of nitrogens with one attached hydrogen (secondary N) is 2. The highest BCUT2D eigenvalue weighted by atomic mass is 32.1. The molecule has 0 bridgehead atoms. The number of rotatable bonds is 8. The first-order valence-corrected chi connectivity index (χ1v) is 11.1. The van der Waals surface area contributed by atoms with Crippen molar-refractivity contribution in [2.45, 2.75) is 31.7 Å². The standard InChI is InChI=1S/C21H26N6O2S/c1-29-18-8-4-3-7-16(18)17(27-9-5-2-6-10-27)12-22-19(28)11-15-13-30-21(25-15)20-23-14-24-26-20/h3-4,7-8,13-14,17H,2,5-6,9-12H2,1H3,(H,22,28)(H,23,24,26). The smallest absolute Gasteiger partial charge is 0.226 e. The van der Waals surface area contributed by atoms with Gasteiger partial charge in [-0.05, 0) is 32.0 Å². The van der Waals surface area contributed by atoms with Gasteiger partial charge in [-0.25, -0.2) is 9.97 Å². The van der Waals surface area contributed by atoms with Gasteiger partial charge in [-0.1, -0.05) is 24.6 Å². The van der Waals surface area contributed by atoms with Gasteiger partial charge >= 0.3 is 0 Å². The third kappa shape index (κ3) is 4.85. The first kappa shape index (κ1) is 20.5. The molecule has 9 heteroatoms. The lowest BCUT2D eigenvalue weighted by Gasteiger charge is -2.35. The molecule has 1 unspecified atom stereocenters. The molecule has 30 heavy (non-hydrogen) atoms. The van der Waals surface area contributed by atoms with Gasteiger partial charge in [0, 0.05) is 17.5 Å². The molecule has 1 aliphatic rings. The molecular weight excluding hydrogens is 400 g/mol. The number of nitrogens with zero attached hydrogens (tertiary/aromatic N) is 4. The minimum absolute atomic E-state index is 0.0404. The van der Waals surface area contributed by atoms with Crippen LogP contribution in [0.2, 0.25) is 0 Å². The number of carbonyl (C=O) groups is 1. The van der Waals surface area contributed by atoms with Gasteiger partial charge in [-0.2, -0.15) is 5.10 Å². The average molecular weight is 427 g/mol. The Morgan fingerprint density at radius 1 is 1.30 bits per heavy atom. The second kappa shape index (κ2) is 9.82. The van der Waals surface area contributed by atoms with Gasteiger partial charge in [0.05, 0.1) is 25.3 Å². The summed E-state index contributed by atoms with van der Waals surface area (Å²) in [7, 11) is 1.69. The zero-order valence-electron chi connectivity index (χ0n) is 17.0. The fourth-order valence-corrected chi connectivity index (χ4v) is 4.61. The number of benzene rings is 1. The number of ether oxygens (including phenoxy) is 1. The van der Waals surface area contributed by atoms with Crippen molar-refractivity contribution in [1.29, 1.82) is 0 Å². The molecule has 3 heterocycles. The van der Waals surface area contributed by atoms with Crippen LogP contribution in [0.3, 0.4) is 0 Å². The van der Waals surface area contributed by atoms with E-state index in [0.717, 1.165) is 35.1 Å². The molecular formula is C21H26N6O2S. The maximum Gasteiger partial charge on any atom is 0.226 e. The number of likely N-dealkylation sites (tertiary alicyclic amines) is 1. The van der Waals surface area contributed by atoms with Crippen molar-refractivity contribution < 1.29 is 9.53 Å². The number of aromatic amines is 1. The van der Waals surface area contributed by atoms with Crippen LogP contribution < -0.4 is 10.1 Å². The normalized spacial score (nSPS) is 15.6. The number of para-hydroxylation sites is 1. The Bertz CT molecular complexity index is 952. The van der Waals surface area contributed by atoms with E-state index >= 15 is 0 Å². The number of aromatic nitrogens is 4. The van der Waals surface area contributed by atoms with Gasteiger partial charge in [0.15, 0.2) is 10.8 Å². The topological polar surface area (TPSA) is 96.0 Å². The number of piperidine rings is 1. The van der Waals surface area contributed by atoms with Crippen LogP contribution in [-0.4, -0.2) is 57.7 Å². The Balaban J connectivity index is 1.42. The highest BCUT2D eigenvalue weighted by molar-refractivity contribution is 7.13. The number of methoxy groups -OCH3 is 1. The number of hydrogen-bond donors (Lipinski definition) is 2. The summed E-state index contributed by atoms with van der Waals surface area (Å²) in [4.78, 5) is 23.7. The molecule has 1 amide bonds. The molecule has 8 nitrogen and oxygen atoms in total. The Morgan fingerprint density at radius 3 is 2.90 bits per heavy atom. The lowest BCUT2D eigenvalue weighted by atomic mass is 10.0. The number of amides is 1. The van der Waals surface area contributed by atoms with E-state index in [9.17, 15) is 4.79 Å². The van der Waals surface area contributed by atoms with E-state index in [1.807, 2.05) is 23.6 Å².